The highest BCUT2D eigenvalue weighted by Gasteiger charge is 2.17. The molecule has 162 valence electrons. The second kappa shape index (κ2) is 9.24. The SMILES string of the molecule is CCN(Cc1ccc(OC)c(OC)c1)C(=O)Cn1cnc2ccc([N+](=O)[O-])cc2c1=O. The fourth-order valence-electron chi connectivity index (χ4n) is 3.19. The number of ether oxygens (including phenoxy) is 2. The van der Waals surface area contributed by atoms with Gasteiger partial charge in [0.05, 0.1) is 36.4 Å². The number of non-ortho nitro benzene ring substituents is 1. The minimum Gasteiger partial charge on any atom is -0.493 e. The van der Waals surface area contributed by atoms with E-state index in [9.17, 15) is 19.7 Å². The van der Waals surface area contributed by atoms with Crippen LogP contribution in [0.15, 0.2) is 47.5 Å². The lowest BCUT2D eigenvalue weighted by Crippen LogP contribution is -2.36. The Morgan fingerprint density at radius 2 is 1.90 bits per heavy atom. The third kappa shape index (κ3) is 4.63. The first-order valence-corrected chi connectivity index (χ1v) is 9.50. The Balaban J connectivity index is 1.83. The summed E-state index contributed by atoms with van der Waals surface area (Å²) in [6.07, 6.45) is 1.28. The highest BCUT2D eigenvalue weighted by molar-refractivity contribution is 5.81. The number of amides is 1. The summed E-state index contributed by atoms with van der Waals surface area (Å²) in [6, 6.07) is 9.25. The maximum Gasteiger partial charge on any atom is 0.270 e. The van der Waals surface area contributed by atoms with Crippen LogP contribution in [0.25, 0.3) is 10.9 Å². The predicted molar refractivity (Wildman–Crippen MR) is 113 cm³/mol. The molecule has 31 heavy (non-hydrogen) atoms. The van der Waals surface area contributed by atoms with Crippen LogP contribution in [0.5, 0.6) is 11.5 Å². The Labute approximate surface area is 177 Å². The van der Waals surface area contributed by atoms with E-state index >= 15 is 0 Å². The molecule has 1 aromatic heterocycles. The zero-order valence-corrected chi connectivity index (χ0v) is 17.4. The average Bonchev–Trinajstić information content (AvgIpc) is 2.78. The number of fused-ring (bicyclic) bond motifs is 1. The van der Waals surface area contributed by atoms with Crippen molar-refractivity contribution in [3.05, 3.63) is 68.8 Å². The fraction of sp³-hybridized carbons (Fsp3) is 0.286. The van der Waals surface area contributed by atoms with Gasteiger partial charge in [0.1, 0.15) is 6.54 Å². The van der Waals surface area contributed by atoms with Crippen LogP contribution in [0, 0.1) is 10.1 Å². The highest BCUT2D eigenvalue weighted by atomic mass is 16.6. The Morgan fingerprint density at radius 3 is 2.55 bits per heavy atom. The first-order valence-electron chi connectivity index (χ1n) is 9.50. The minimum absolute atomic E-state index is 0.0902. The Morgan fingerprint density at radius 1 is 1.16 bits per heavy atom. The van der Waals surface area contributed by atoms with Gasteiger partial charge in [-0.25, -0.2) is 4.98 Å². The van der Waals surface area contributed by atoms with Crippen molar-refractivity contribution in [2.24, 2.45) is 0 Å². The molecule has 0 fully saturated rings. The molecule has 1 amide bonds. The lowest BCUT2D eigenvalue weighted by molar-refractivity contribution is -0.384. The van der Waals surface area contributed by atoms with Gasteiger partial charge in [0.25, 0.3) is 11.2 Å². The van der Waals surface area contributed by atoms with Gasteiger partial charge in [-0.15, -0.1) is 0 Å². The molecule has 0 spiro atoms. The number of nitro benzene ring substituents is 1. The molecule has 0 aliphatic rings. The molecule has 0 N–H and O–H groups in total. The summed E-state index contributed by atoms with van der Waals surface area (Å²) < 4.78 is 11.7. The van der Waals surface area contributed by atoms with Crippen LogP contribution in [0.3, 0.4) is 0 Å². The molecule has 0 saturated heterocycles. The van der Waals surface area contributed by atoms with E-state index in [0.29, 0.717) is 30.1 Å². The molecular weight excluding hydrogens is 404 g/mol. The van der Waals surface area contributed by atoms with E-state index in [0.717, 1.165) is 10.1 Å². The molecule has 10 heteroatoms. The van der Waals surface area contributed by atoms with Gasteiger partial charge in [-0.2, -0.15) is 0 Å². The first-order chi connectivity index (χ1) is 14.9. The van der Waals surface area contributed by atoms with E-state index in [2.05, 4.69) is 4.98 Å². The lowest BCUT2D eigenvalue weighted by atomic mass is 10.2. The minimum atomic E-state index is -0.580. The molecular formula is C21H22N4O6. The highest BCUT2D eigenvalue weighted by Crippen LogP contribution is 2.28. The average molecular weight is 426 g/mol. The number of carbonyl (C=O) groups is 1. The summed E-state index contributed by atoms with van der Waals surface area (Å²) in [7, 11) is 3.08. The van der Waals surface area contributed by atoms with Crippen molar-refractivity contribution in [1.29, 1.82) is 0 Å². The maximum absolute atomic E-state index is 12.9. The van der Waals surface area contributed by atoms with Crippen molar-refractivity contribution < 1.29 is 19.2 Å². The summed E-state index contributed by atoms with van der Waals surface area (Å²) in [5, 5.41) is 11.1. The molecule has 1 heterocycles. The molecule has 10 nitrogen and oxygen atoms in total. The van der Waals surface area contributed by atoms with Crippen LogP contribution in [0.2, 0.25) is 0 Å². The zero-order chi connectivity index (χ0) is 22.5. The number of aromatic nitrogens is 2. The summed E-state index contributed by atoms with van der Waals surface area (Å²) >= 11 is 0. The number of nitro groups is 1. The van der Waals surface area contributed by atoms with E-state index in [1.807, 2.05) is 13.0 Å². The van der Waals surface area contributed by atoms with E-state index in [4.69, 9.17) is 9.47 Å². The molecule has 0 aliphatic carbocycles. The van der Waals surface area contributed by atoms with Crippen molar-refractivity contribution in [2.45, 2.75) is 20.0 Å². The van der Waals surface area contributed by atoms with Gasteiger partial charge in [0.2, 0.25) is 5.91 Å². The van der Waals surface area contributed by atoms with Crippen LogP contribution in [-0.4, -0.2) is 46.0 Å². The molecule has 0 unspecified atom stereocenters. The van der Waals surface area contributed by atoms with Crippen molar-refractivity contribution in [3.8, 4) is 11.5 Å². The second-order valence-corrected chi connectivity index (χ2v) is 6.73. The van der Waals surface area contributed by atoms with Crippen molar-refractivity contribution in [3.63, 3.8) is 0 Å². The predicted octanol–water partition coefficient (Wildman–Crippen LogP) is 2.37. The molecule has 3 aromatic rings. The number of benzene rings is 2. The summed E-state index contributed by atoms with van der Waals surface area (Å²) in [5.41, 5.74) is 0.452. The molecule has 2 aromatic carbocycles. The van der Waals surface area contributed by atoms with Gasteiger partial charge >= 0.3 is 0 Å². The molecule has 0 aliphatic heterocycles. The Kier molecular flexibility index (Phi) is 6.49. The molecule has 0 radical (unpaired) electrons. The largest absolute Gasteiger partial charge is 0.493 e. The van der Waals surface area contributed by atoms with Gasteiger partial charge in [0, 0.05) is 25.2 Å². The quantitative estimate of drug-likeness (QED) is 0.401. The standard InChI is InChI=1S/C21H22N4O6/c1-4-23(11-14-5-8-18(30-2)19(9-14)31-3)20(26)12-24-13-22-17-7-6-15(25(28)29)10-16(17)21(24)27/h5-10,13H,4,11-12H2,1-3H3. The number of methoxy groups -OCH3 is 2. The Bertz CT molecular complexity index is 1190. The van der Waals surface area contributed by atoms with Crippen LogP contribution >= 0.6 is 0 Å². The number of hydrogen-bond acceptors (Lipinski definition) is 7. The van der Waals surface area contributed by atoms with Gasteiger partial charge in [-0.05, 0) is 30.7 Å². The molecule has 0 atom stereocenters. The second-order valence-electron chi connectivity index (χ2n) is 6.73. The van der Waals surface area contributed by atoms with Crippen LogP contribution < -0.4 is 15.0 Å². The van der Waals surface area contributed by atoms with Crippen LogP contribution in [0.4, 0.5) is 5.69 Å². The summed E-state index contributed by atoms with van der Waals surface area (Å²) in [6.45, 7) is 2.35. The lowest BCUT2D eigenvalue weighted by Gasteiger charge is -2.22. The van der Waals surface area contributed by atoms with E-state index in [-0.39, 0.29) is 23.5 Å². The fourth-order valence-corrected chi connectivity index (χ4v) is 3.19. The third-order valence-corrected chi connectivity index (χ3v) is 4.88. The first kappa shape index (κ1) is 21.8. The van der Waals surface area contributed by atoms with E-state index in [1.54, 1.807) is 24.1 Å². The van der Waals surface area contributed by atoms with Crippen molar-refractivity contribution in [1.82, 2.24) is 14.5 Å². The number of hydrogen-bond donors (Lipinski definition) is 0. The maximum atomic E-state index is 12.9. The summed E-state index contributed by atoms with van der Waals surface area (Å²) in [4.78, 5) is 41.8. The molecule has 3 rings (SSSR count). The van der Waals surface area contributed by atoms with Crippen LogP contribution in [0.1, 0.15) is 12.5 Å². The van der Waals surface area contributed by atoms with Gasteiger partial charge in [-0.3, -0.25) is 24.3 Å². The van der Waals surface area contributed by atoms with E-state index < -0.39 is 10.5 Å². The number of likely N-dealkylation sites (N-methyl/N-ethyl adjacent to an activating group) is 1. The number of nitrogens with zero attached hydrogens (tertiary/aromatic N) is 4. The third-order valence-electron chi connectivity index (χ3n) is 4.88. The normalized spacial score (nSPS) is 10.7. The van der Waals surface area contributed by atoms with Crippen molar-refractivity contribution >= 4 is 22.5 Å². The number of carbonyl (C=O) groups excluding carboxylic acids is 1. The van der Waals surface area contributed by atoms with Gasteiger partial charge < -0.3 is 14.4 Å². The smallest absolute Gasteiger partial charge is 0.270 e. The van der Waals surface area contributed by atoms with Gasteiger partial charge in [0.15, 0.2) is 11.5 Å². The zero-order valence-electron chi connectivity index (χ0n) is 17.4. The molecule has 0 saturated carbocycles. The topological polar surface area (TPSA) is 117 Å². The number of rotatable bonds is 8. The monoisotopic (exact) mass is 426 g/mol. The van der Waals surface area contributed by atoms with Crippen molar-refractivity contribution in [2.75, 3.05) is 20.8 Å². The molecule has 0 bridgehead atoms. The van der Waals surface area contributed by atoms with Crippen LogP contribution in [-0.2, 0) is 17.9 Å². The Hall–Kier alpha value is -3.95. The summed E-state index contributed by atoms with van der Waals surface area (Å²) in [5.74, 6) is 0.856. The van der Waals surface area contributed by atoms with Gasteiger partial charge in [-0.1, -0.05) is 6.07 Å². The van der Waals surface area contributed by atoms with E-state index in [1.165, 1.54) is 31.6 Å².